The molecule has 0 unspecified atom stereocenters. The monoisotopic (exact) mass is 593 g/mol. The first-order valence-electron chi connectivity index (χ1n) is 12.1. The predicted molar refractivity (Wildman–Crippen MR) is 147 cm³/mol. The molecular formula is C27H26Cl2FN3O5S. The molecule has 4 rings (SSSR count). The van der Waals surface area contributed by atoms with Crippen molar-refractivity contribution in [1.82, 2.24) is 9.62 Å². The third-order valence-corrected chi connectivity index (χ3v) is 8.74. The van der Waals surface area contributed by atoms with Gasteiger partial charge in [-0.1, -0.05) is 35.3 Å². The van der Waals surface area contributed by atoms with Crippen molar-refractivity contribution in [3.8, 4) is 0 Å². The van der Waals surface area contributed by atoms with Crippen LogP contribution in [0.3, 0.4) is 0 Å². The van der Waals surface area contributed by atoms with Crippen LogP contribution < -0.4 is 10.2 Å². The molecule has 1 atom stereocenters. The number of esters is 1. The van der Waals surface area contributed by atoms with E-state index in [1.54, 1.807) is 37.3 Å². The van der Waals surface area contributed by atoms with E-state index in [0.29, 0.717) is 28.7 Å². The quantitative estimate of drug-likeness (QED) is 0.381. The number of piperazine rings is 1. The van der Waals surface area contributed by atoms with Crippen molar-refractivity contribution in [2.24, 2.45) is 0 Å². The Morgan fingerprint density at radius 2 is 1.69 bits per heavy atom. The summed E-state index contributed by atoms with van der Waals surface area (Å²) in [7, 11) is -3.88. The van der Waals surface area contributed by atoms with Crippen LogP contribution >= 0.6 is 23.2 Å². The zero-order valence-corrected chi connectivity index (χ0v) is 23.3. The Hall–Kier alpha value is -3.18. The lowest BCUT2D eigenvalue weighted by Gasteiger charge is -2.35. The van der Waals surface area contributed by atoms with E-state index in [9.17, 15) is 22.4 Å². The molecule has 0 bridgehead atoms. The molecule has 206 valence electrons. The lowest BCUT2D eigenvalue weighted by Crippen LogP contribution is -2.48. The molecule has 3 aromatic carbocycles. The fourth-order valence-electron chi connectivity index (χ4n) is 4.20. The lowest BCUT2D eigenvalue weighted by atomic mass is 10.1. The minimum Gasteiger partial charge on any atom is -0.452 e. The van der Waals surface area contributed by atoms with Crippen molar-refractivity contribution in [1.29, 1.82) is 0 Å². The van der Waals surface area contributed by atoms with E-state index in [0.717, 1.165) is 5.69 Å². The number of ether oxygens (including phenoxy) is 1. The fraction of sp³-hybridized carbons (Fsp3) is 0.259. The third-order valence-electron chi connectivity index (χ3n) is 6.28. The van der Waals surface area contributed by atoms with Crippen LogP contribution in [0.15, 0.2) is 71.6 Å². The molecular weight excluding hydrogens is 568 g/mol. The molecule has 0 saturated carbocycles. The van der Waals surface area contributed by atoms with Crippen LogP contribution in [0, 0.1) is 5.82 Å². The van der Waals surface area contributed by atoms with Gasteiger partial charge in [-0.05, 0) is 67.1 Å². The van der Waals surface area contributed by atoms with Gasteiger partial charge in [0.05, 0.1) is 16.5 Å². The maximum atomic E-state index is 13.2. The molecule has 0 aliphatic carbocycles. The number of hydrogen-bond acceptors (Lipinski definition) is 6. The number of carbonyl (C=O) groups excluding carboxylic acids is 2. The van der Waals surface area contributed by atoms with Gasteiger partial charge in [0.1, 0.15) is 5.82 Å². The number of amides is 1. The average molecular weight is 594 g/mol. The molecule has 1 aliphatic heterocycles. The Morgan fingerprint density at radius 3 is 2.36 bits per heavy atom. The van der Waals surface area contributed by atoms with E-state index in [1.807, 2.05) is 4.90 Å². The number of nitrogens with zero attached hydrogens (tertiary/aromatic N) is 2. The molecule has 3 aromatic rings. The van der Waals surface area contributed by atoms with E-state index >= 15 is 0 Å². The molecule has 1 N–H and O–H groups in total. The normalized spacial score (nSPS) is 15.0. The number of benzene rings is 3. The Labute approximate surface area is 236 Å². The Morgan fingerprint density at radius 1 is 1.00 bits per heavy atom. The minimum absolute atomic E-state index is 0.00242. The summed E-state index contributed by atoms with van der Waals surface area (Å²) in [5, 5.41) is 3.55. The highest BCUT2D eigenvalue weighted by Gasteiger charge is 2.29. The molecule has 0 spiro atoms. The fourth-order valence-corrected chi connectivity index (χ4v) is 6.24. The van der Waals surface area contributed by atoms with Gasteiger partial charge in [-0.15, -0.1) is 0 Å². The first-order chi connectivity index (χ1) is 18.5. The lowest BCUT2D eigenvalue weighted by molar-refractivity contribution is -0.124. The Kier molecular flexibility index (Phi) is 9.12. The highest BCUT2D eigenvalue weighted by Crippen LogP contribution is 2.26. The maximum Gasteiger partial charge on any atom is 0.338 e. The minimum atomic E-state index is -3.88. The summed E-state index contributed by atoms with van der Waals surface area (Å²) in [6.45, 7) is 2.48. The summed E-state index contributed by atoms with van der Waals surface area (Å²) >= 11 is 12.1. The topological polar surface area (TPSA) is 96.0 Å². The molecule has 8 nitrogen and oxygen atoms in total. The third kappa shape index (κ3) is 7.07. The number of sulfonamides is 1. The predicted octanol–water partition coefficient (Wildman–Crippen LogP) is 4.68. The van der Waals surface area contributed by atoms with Crippen molar-refractivity contribution in [2.75, 3.05) is 37.7 Å². The molecule has 1 saturated heterocycles. The summed E-state index contributed by atoms with van der Waals surface area (Å²) < 4.78 is 46.2. The summed E-state index contributed by atoms with van der Waals surface area (Å²) in [5.41, 5.74) is 1.47. The summed E-state index contributed by atoms with van der Waals surface area (Å²) in [6.07, 6.45) is 0. The van der Waals surface area contributed by atoms with E-state index in [1.165, 1.54) is 40.7 Å². The SMILES string of the molecule is C[C@@H](NC(=O)COC(=O)c1cccc(S(=O)(=O)N2CCN(c3ccc(F)cc3)CC2)c1)c1ccc(Cl)cc1Cl. The van der Waals surface area contributed by atoms with E-state index in [-0.39, 0.29) is 29.4 Å². The molecule has 39 heavy (non-hydrogen) atoms. The summed E-state index contributed by atoms with van der Waals surface area (Å²) in [5.74, 6) is -1.72. The van der Waals surface area contributed by atoms with Crippen LogP contribution in [0.5, 0.6) is 0 Å². The van der Waals surface area contributed by atoms with Gasteiger partial charge >= 0.3 is 5.97 Å². The van der Waals surface area contributed by atoms with Crippen molar-refractivity contribution in [2.45, 2.75) is 17.9 Å². The van der Waals surface area contributed by atoms with Gasteiger partial charge in [0.15, 0.2) is 6.61 Å². The molecule has 0 aromatic heterocycles. The van der Waals surface area contributed by atoms with Crippen molar-refractivity contribution in [3.05, 3.63) is 93.7 Å². The van der Waals surface area contributed by atoms with E-state index in [4.69, 9.17) is 27.9 Å². The smallest absolute Gasteiger partial charge is 0.338 e. The Bertz CT molecular complexity index is 1460. The van der Waals surface area contributed by atoms with Crippen LogP contribution in [-0.4, -0.2) is 57.4 Å². The average Bonchev–Trinajstić information content (AvgIpc) is 2.92. The maximum absolute atomic E-state index is 13.2. The van der Waals surface area contributed by atoms with Gasteiger partial charge in [-0.2, -0.15) is 4.31 Å². The molecule has 0 radical (unpaired) electrons. The van der Waals surface area contributed by atoms with Gasteiger partial charge in [0.2, 0.25) is 10.0 Å². The number of rotatable bonds is 8. The summed E-state index contributed by atoms with van der Waals surface area (Å²) in [6, 6.07) is 16.0. The van der Waals surface area contributed by atoms with E-state index < -0.39 is 34.5 Å². The summed E-state index contributed by atoms with van der Waals surface area (Å²) in [4.78, 5) is 26.9. The largest absolute Gasteiger partial charge is 0.452 e. The second kappa shape index (κ2) is 12.3. The van der Waals surface area contributed by atoms with Crippen LogP contribution in [0.25, 0.3) is 0 Å². The molecule has 1 fully saturated rings. The van der Waals surface area contributed by atoms with Gasteiger partial charge in [-0.25, -0.2) is 17.6 Å². The van der Waals surface area contributed by atoms with Gasteiger partial charge in [0, 0.05) is 41.9 Å². The first-order valence-corrected chi connectivity index (χ1v) is 14.3. The van der Waals surface area contributed by atoms with Gasteiger partial charge in [0.25, 0.3) is 5.91 Å². The number of anilines is 1. The van der Waals surface area contributed by atoms with Crippen molar-refractivity contribution < 1.29 is 27.1 Å². The van der Waals surface area contributed by atoms with Gasteiger partial charge < -0.3 is 15.0 Å². The number of carbonyl (C=O) groups is 2. The van der Waals surface area contributed by atoms with Crippen LogP contribution in [-0.2, 0) is 19.6 Å². The van der Waals surface area contributed by atoms with Gasteiger partial charge in [-0.3, -0.25) is 4.79 Å². The standard InChI is InChI=1S/C27H26Cl2FN3O5S/c1-18(24-10-5-20(28)16-25(24)29)31-26(34)17-38-27(35)19-3-2-4-23(15-19)39(36,37)33-13-11-32(12-14-33)22-8-6-21(30)7-9-22/h2-10,15-16,18H,11-14,17H2,1H3,(H,31,34)/t18-/m1/s1. The highest BCUT2D eigenvalue weighted by atomic mass is 35.5. The number of hydrogen-bond donors (Lipinski definition) is 1. The van der Waals surface area contributed by atoms with Crippen molar-refractivity contribution in [3.63, 3.8) is 0 Å². The Balaban J connectivity index is 1.33. The van der Waals surface area contributed by atoms with Crippen LogP contribution in [0.2, 0.25) is 10.0 Å². The molecule has 12 heteroatoms. The number of nitrogens with one attached hydrogen (secondary N) is 1. The van der Waals surface area contributed by atoms with Crippen LogP contribution in [0.4, 0.5) is 10.1 Å². The molecule has 1 aliphatic rings. The molecule has 1 amide bonds. The molecule has 1 heterocycles. The van der Waals surface area contributed by atoms with Crippen molar-refractivity contribution >= 4 is 50.8 Å². The zero-order valence-electron chi connectivity index (χ0n) is 20.9. The van der Waals surface area contributed by atoms with E-state index in [2.05, 4.69) is 5.32 Å². The number of halogens is 3. The second-order valence-electron chi connectivity index (χ2n) is 8.93. The first kappa shape index (κ1) is 28.8. The second-order valence-corrected chi connectivity index (χ2v) is 11.7. The van der Waals surface area contributed by atoms with Crippen LogP contribution in [0.1, 0.15) is 28.9 Å². The highest BCUT2D eigenvalue weighted by molar-refractivity contribution is 7.89. The zero-order chi connectivity index (χ0) is 28.2.